The molecule has 0 aromatic rings. The molecular formula is C9H12O5. The number of Topliss-reactive ketones (excluding diaryl/α,β-unsaturated/α-hetero) is 1. The van der Waals surface area contributed by atoms with Crippen molar-refractivity contribution in [3.8, 4) is 0 Å². The molecule has 0 bridgehead atoms. The summed E-state index contributed by atoms with van der Waals surface area (Å²) in [6.07, 6.45) is 0. The van der Waals surface area contributed by atoms with Gasteiger partial charge in [-0.2, -0.15) is 0 Å². The van der Waals surface area contributed by atoms with Crippen molar-refractivity contribution in [2.45, 2.75) is 13.8 Å². The van der Waals surface area contributed by atoms with Crippen LogP contribution in [0, 0.1) is 0 Å². The van der Waals surface area contributed by atoms with Gasteiger partial charge in [-0.1, -0.05) is 6.58 Å². The van der Waals surface area contributed by atoms with Crippen molar-refractivity contribution >= 4 is 17.7 Å². The number of carbonyl (C=O) groups excluding carboxylic acids is 3. The Morgan fingerprint density at radius 3 is 2.21 bits per heavy atom. The predicted octanol–water partition coefficient (Wildman–Crippen LogP) is 0.238. The molecule has 0 heterocycles. The van der Waals surface area contributed by atoms with E-state index in [1.807, 2.05) is 0 Å². The Labute approximate surface area is 81.7 Å². The Morgan fingerprint density at radius 1 is 1.21 bits per heavy atom. The standard InChI is InChI=1S/C9H12O5/c1-4-13-8(11)5-14-9(12)6(2)7(3)10/h2,4-5H2,1,3H3. The van der Waals surface area contributed by atoms with Crippen LogP contribution in [0.2, 0.25) is 0 Å². The van der Waals surface area contributed by atoms with E-state index in [9.17, 15) is 14.4 Å². The quantitative estimate of drug-likeness (QED) is 0.275. The summed E-state index contributed by atoms with van der Waals surface area (Å²) in [4.78, 5) is 32.3. The van der Waals surface area contributed by atoms with E-state index in [4.69, 9.17) is 0 Å². The lowest BCUT2D eigenvalue weighted by Gasteiger charge is -2.03. The normalized spacial score (nSPS) is 9.00. The number of hydrogen-bond donors (Lipinski definition) is 0. The van der Waals surface area contributed by atoms with Crippen molar-refractivity contribution in [2.24, 2.45) is 0 Å². The van der Waals surface area contributed by atoms with Gasteiger partial charge >= 0.3 is 11.9 Å². The number of esters is 2. The second-order valence-electron chi connectivity index (χ2n) is 2.42. The fourth-order valence-corrected chi connectivity index (χ4v) is 0.558. The molecule has 5 nitrogen and oxygen atoms in total. The SMILES string of the molecule is C=C(C(C)=O)C(=O)OCC(=O)OCC. The number of ether oxygens (including phenoxy) is 2. The highest BCUT2D eigenvalue weighted by Gasteiger charge is 2.14. The van der Waals surface area contributed by atoms with E-state index in [1.54, 1.807) is 6.92 Å². The molecule has 14 heavy (non-hydrogen) atoms. The summed E-state index contributed by atoms with van der Waals surface area (Å²) in [6.45, 7) is 5.73. The molecule has 0 N–H and O–H groups in total. The maximum absolute atomic E-state index is 10.9. The van der Waals surface area contributed by atoms with Crippen molar-refractivity contribution in [3.05, 3.63) is 12.2 Å². The number of carbonyl (C=O) groups is 3. The van der Waals surface area contributed by atoms with Crippen molar-refractivity contribution in [3.63, 3.8) is 0 Å². The van der Waals surface area contributed by atoms with Crippen LogP contribution in [-0.4, -0.2) is 30.9 Å². The van der Waals surface area contributed by atoms with Gasteiger partial charge in [-0.05, 0) is 13.8 Å². The van der Waals surface area contributed by atoms with E-state index in [1.165, 1.54) is 6.92 Å². The van der Waals surface area contributed by atoms with E-state index in [0.29, 0.717) is 0 Å². The van der Waals surface area contributed by atoms with E-state index in [2.05, 4.69) is 16.1 Å². The van der Waals surface area contributed by atoms with Gasteiger partial charge < -0.3 is 9.47 Å². The van der Waals surface area contributed by atoms with Gasteiger partial charge in [-0.25, -0.2) is 9.59 Å². The molecule has 0 amide bonds. The highest BCUT2D eigenvalue weighted by molar-refractivity contribution is 6.15. The van der Waals surface area contributed by atoms with E-state index >= 15 is 0 Å². The van der Waals surface area contributed by atoms with E-state index < -0.39 is 24.3 Å². The fourth-order valence-electron chi connectivity index (χ4n) is 0.558. The minimum absolute atomic E-state index is 0.212. The first-order valence-electron chi connectivity index (χ1n) is 4.01. The monoisotopic (exact) mass is 200 g/mol. The summed E-state index contributed by atoms with van der Waals surface area (Å²) >= 11 is 0. The van der Waals surface area contributed by atoms with Crippen LogP contribution >= 0.6 is 0 Å². The maximum atomic E-state index is 10.9. The Hall–Kier alpha value is -1.65. The van der Waals surface area contributed by atoms with Gasteiger partial charge in [0.25, 0.3) is 0 Å². The summed E-state index contributed by atoms with van der Waals surface area (Å²) in [6, 6.07) is 0. The maximum Gasteiger partial charge on any atom is 0.344 e. The molecule has 78 valence electrons. The molecule has 0 aliphatic rings. The lowest BCUT2D eigenvalue weighted by molar-refractivity contribution is -0.156. The highest BCUT2D eigenvalue weighted by Crippen LogP contribution is 1.96. The van der Waals surface area contributed by atoms with Crippen LogP contribution in [0.3, 0.4) is 0 Å². The summed E-state index contributed by atoms with van der Waals surface area (Å²) in [5.74, 6) is -2.04. The fraction of sp³-hybridized carbons (Fsp3) is 0.444. The molecule has 0 saturated heterocycles. The van der Waals surface area contributed by atoms with E-state index in [0.717, 1.165) is 0 Å². The average Bonchev–Trinajstić information content (AvgIpc) is 2.13. The third-order valence-corrected chi connectivity index (χ3v) is 1.30. The predicted molar refractivity (Wildman–Crippen MR) is 47.4 cm³/mol. The summed E-state index contributed by atoms with van der Waals surface area (Å²) < 4.78 is 8.95. The van der Waals surface area contributed by atoms with Crippen LogP contribution in [0.4, 0.5) is 0 Å². The number of rotatable bonds is 5. The Balaban J connectivity index is 3.91. The minimum atomic E-state index is -0.898. The minimum Gasteiger partial charge on any atom is -0.463 e. The first-order chi connectivity index (χ1) is 6.49. The van der Waals surface area contributed by atoms with Gasteiger partial charge in [0.05, 0.1) is 12.2 Å². The molecule has 0 aliphatic carbocycles. The molecule has 0 fully saturated rings. The molecule has 5 heteroatoms. The van der Waals surface area contributed by atoms with Crippen LogP contribution in [0.5, 0.6) is 0 Å². The van der Waals surface area contributed by atoms with Crippen molar-refractivity contribution < 1.29 is 23.9 Å². The van der Waals surface area contributed by atoms with Gasteiger partial charge in [-0.15, -0.1) is 0 Å². The third kappa shape index (κ3) is 4.39. The third-order valence-electron chi connectivity index (χ3n) is 1.30. The molecule has 0 radical (unpaired) electrons. The molecule has 0 atom stereocenters. The zero-order chi connectivity index (χ0) is 11.1. The van der Waals surface area contributed by atoms with Crippen molar-refractivity contribution in [2.75, 3.05) is 13.2 Å². The Bertz CT molecular complexity index is 266. The highest BCUT2D eigenvalue weighted by atomic mass is 16.6. The Kier molecular flexibility index (Phi) is 5.21. The Morgan fingerprint density at radius 2 is 1.79 bits per heavy atom. The number of ketones is 1. The van der Waals surface area contributed by atoms with Crippen LogP contribution in [0.1, 0.15) is 13.8 Å². The largest absolute Gasteiger partial charge is 0.463 e. The second kappa shape index (κ2) is 5.90. The topological polar surface area (TPSA) is 69.7 Å². The second-order valence-corrected chi connectivity index (χ2v) is 2.42. The first-order valence-corrected chi connectivity index (χ1v) is 4.01. The molecule has 0 rings (SSSR count). The number of hydrogen-bond acceptors (Lipinski definition) is 5. The smallest absolute Gasteiger partial charge is 0.344 e. The molecule has 0 unspecified atom stereocenters. The van der Waals surface area contributed by atoms with Crippen LogP contribution in [0.25, 0.3) is 0 Å². The lowest BCUT2D eigenvalue weighted by atomic mass is 10.2. The molecular weight excluding hydrogens is 188 g/mol. The summed E-state index contributed by atoms with van der Waals surface area (Å²) in [5, 5.41) is 0. The summed E-state index contributed by atoms with van der Waals surface area (Å²) in [5.41, 5.74) is -0.283. The lowest BCUT2D eigenvalue weighted by Crippen LogP contribution is -2.19. The van der Waals surface area contributed by atoms with Gasteiger partial charge in [0, 0.05) is 0 Å². The van der Waals surface area contributed by atoms with Crippen molar-refractivity contribution in [1.82, 2.24) is 0 Å². The van der Waals surface area contributed by atoms with E-state index in [-0.39, 0.29) is 12.2 Å². The summed E-state index contributed by atoms with van der Waals surface area (Å²) in [7, 11) is 0. The molecule has 0 aromatic heterocycles. The van der Waals surface area contributed by atoms with Crippen LogP contribution in [-0.2, 0) is 23.9 Å². The van der Waals surface area contributed by atoms with Gasteiger partial charge in [0.15, 0.2) is 12.4 Å². The van der Waals surface area contributed by atoms with Crippen LogP contribution in [0.15, 0.2) is 12.2 Å². The van der Waals surface area contributed by atoms with Gasteiger partial charge in [0.1, 0.15) is 0 Å². The molecule has 0 saturated carbocycles. The molecule has 0 aliphatic heterocycles. The molecule has 0 aromatic carbocycles. The van der Waals surface area contributed by atoms with Gasteiger partial charge in [0.2, 0.25) is 0 Å². The first kappa shape index (κ1) is 12.3. The zero-order valence-electron chi connectivity index (χ0n) is 8.16. The van der Waals surface area contributed by atoms with Gasteiger partial charge in [-0.3, -0.25) is 4.79 Å². The molecule has 0 spiro atoms. The zero-order valence-corrected chi connectivity index (χ0v) is 8.16. The van der Waals surface area contributed by atoms with Crippen LogP contribution < -0.4 is 0 Å². The van der Waals surface area contributed by atoms with Crippen molar-refractivity contribution in [1.29, 1.82) is 0 Å². The average molecular weight is 200 g/mol.